The molecule has 1 saturated carbocycles. The summed E-state index contributed by atoms with van der Waals surface area (Å²) < 4.78 is 1.81. The van der Waals surface area contributed by atoms with Crippen LogP contribution < -0.4 is 5.73 Å². The lowest BCUT2D eigenvalue weighted by Crippen LogP contribution is -2.13. The summed E-state index contributed by atoms with van der Waals surface area (Å²) in [4.78, 5) is 0. The van der Waals surface area contributed by atoms with Gasteiger partial charge >= 0.3 is 0 Å². The number of aromatic nitrogens is 2. The fourth-order valence-corrected chi connectivity index (χ4v) is 2.73. The number of hydrogen-bond donors (Lipinski definition) is 1. The number of nitrogens with two attached hydrogens (primary N) is 1. The Kier molecular flexibility index (Phi) is 2.72. The van der Waals surface area contributed by atoms with Crippen LogP contribution in [0.4, 0.5) is 5.82 Å². The normalized spacial score (nSPS) is 26.9. The van der Waals surface area contributed by atoms with E-state index in [0.717, 1.165) is 11.7 Å². The molecule has 0 saturated heterocycles. The standard InChI is InChI=1S/C12H21N3/c1-8-5-4-6-10(7-8)11-9(2)12(13)15(3)14-11/h8,10H,4-7,13H2,1-3H3. The van der Waals surface area contributed by atoms with E-state index in [2.05, 4.69) is 18.9 Å². The summed E-state index contributed by atoms with van der Waals surface area (Å²) in [5.74, 6) is 2.30. The maximum Gasteiger partial charge on any atom is 0.124 e. The van der Waals surface area contributed by atoms with Gasteiger partial charge in [-0.15, -0.1) is 0 Å². The zero-order valence-electron chi connectivity index (χ0n) is 9.95. The molecule has 84 valence electrons. The van der Waals surface area contributed by atoms with Crippen LogP contribution in [0.3, 0.4) is 0 Å². The number of nitrogens with zero attached hydrogens (tertiary/aromatic N) is 2. The van der Waals surface area contributed by atoms with Gasteiger partial charge in [0.05, 0.1) is 5.69 Å². The highest BCUT2D eigenvalue weighted by Crippen LogP contribution is 2.37. The molecule has 15 heavy (non-hydrogen) atoms. The second-order valence-corrected chi connectivity index (χ2v) is 4.99. The fraction of sp³-hybridized carbons (Fsp3) is 0.750. The smallest absolute Gasteiger partial charge is 0.124 e. The molecule has 1 aromatic rings. The van der Waals surface area contributed by atoms with Crippen LogP contribution in [0.2, 0.25) is 0 Å². The van der Waals surface area contributed by atoms with Crippen molar-refractivity contribution in [3.8, 4) is 0 Å². The highest BCUT2D eigenvalue weighted by Gasteiger charge is 2.25. The predicted octanol–water partition coefficient (Wildman–Crippen LogP) is 2.60. The number of anilines is 1. The third kappa shape index (κ3) is 1.87. The van der Waals surface area contributed by atoms with E-state index in [4.69, 9.17) is 5.73 Å². The van der Waals surface area contributed by atoms with Crippen molar-refractivity contribution in [3.63, 3.8) is 0 Å². The molecule has 1 heterocycles. The molecule has 0 aliphatic heterocycles. The van der Waals surface area contributed by atoms with E-state index in [-0.39, 0.29) is 0 Å². The molecule has 3 nitrogen and oxygen atoms in total. The summed E-state index contributed by atoms with van der Waals surface area (Å²) >= 11 is 0. The van der Waals surface area contributed by atoms with Crippen molar-refractivity contribution in [2.24, 2.45) is 13.0 Å². The van der Waals surface area contributed by atoms with Gasteiger partial charge in [0.25, 0.3) is 0 Å². The van der Waals surface area contributed by atoms with Crippen molar-refractivity contribution in [1.29, 1.82) is 0 Å². The first-order chi connectivity index (χ1) is 7.09. The van der Waals surface area contributed by atoms with Crippen molar-refractivity contribution in [1.82, 2.24) is 9.78 Å². The van der Waals surface area contributed by atoms with Gasteiger partial charge in [0.15, 0.2) is 0 Å². The summed E-state index contributed by atoms with van der Waals surface area (Å²) in [6.07, 6.45) is 5.26. The first kappa shape index (κ1) is 10.5. The SMILES string of the molecule is Cc1c(C2CCCC(C)C2)nn(C)c1N. The predicted molar refractivity (Wildman–Crippen MR) is 62.7 cm³/mol. The molecule has 2 N–H and O–H groups in total. The first-order valence-corrected chi connectivity index (χ1v) is 5.88. The van der Waals surface area contributed by atoms with Gasteiger partial charge in [0.1, 0.15) is 5.82 Å². The molecule has 3 heteroatoms. The molecule has 0 amide bonds. The van der Waals surface area contributed by atoms with Gasteiger partial charge in [-0.3, -0.25) is 4.68 Å². The second-order valence-electron chi connectivity index (χ2n) is 4.99. The van der Waals surface area contributed by atoms with E-state index in [1.807, 2.05) is 11.7 Å². The minimum absolute atomic E-state index is 0.636. The van der Waals surface area contributed by atoms with Gasteiger partial charge in [-0.1, -0.05) is 19.8 Å². The third-order valence-corrected chi connectivity index (χ3v) is 3.70. The molecular weight excluding hydrogens is 186 g/mol. The molecule has 1 aliphatic carbocycles. The molecule has 2 atom stereocenters. The summed E-state index contributed by atoms with van der Waals surface area (Å²) in [6, 6.07) is 0. The Bertz CT molecular complexity index is 354. The Labute approximate surface area is 91.7 Å². The molecule has 2 rings (SSSR count). The van der Waals surface area contributed by atoms with Gasteiger partial charge in [-0.2, -0.15) is 5.10 Å². The van der Waals surface area contributed by atoms with E-state index in [9.17, 15) is 0 Å². The fourth-order valence-electron chi connectivity index (χ4n) is 2.73. The molecule has 1 aliphatic rings. The summed E-state index contributed by atoms with van der Waals surface area (Å²) in [7, 11) is 1.93. The second kappa shape index (κ2) is 3.87. The molecular formula is C12H21N3. The van der Waals surface area contributed by atoms with Gasteiger partial charge in [0.2, 0.25) is 0 Å². The number of nitrogen functional groups attached to an aromatic ring is 1. The van der Waals surface area contributed by atoms with Crippen LogP contribution in [0.25, 0.3) is 0 Å². The highest BCUT2D eigenvalue weighted by molar-refractivity contribution is 5.43. The lowest BCUT2D eigenvalue weighted by Gasteiger charge is -2.25. The molecule has 1 aromatic heterocycles. The minimum atomic E-state index is 0.636. The van der Waals surface area contributed by atoms with Crippen molar-refractivity contribution >= 4 is 5.82 Å². The monoisotopic (exact) mass is 207 g/mol. The topological polar surface area (TPSA) is 43.8 Å². The van der Waals surface area contributed by atoms with Crippen LogP contribution in [0.1, 0.15) is 49.8 Å². The van der Waals surface area contributed by atoms with E-state index >= 15 is 0 Å². The highest BCUT2D eigenvalue weighted by atomic mass is 15.3. The maximum absolute atomic E-state index is 5.94. The van der Waals surface area contributed by atoms with Crippen LogP contribution in [-0.4, -0.2) is 9.78 Å². The number of rotatable bonds is 1. The Morgan fingerprint density at radius 2 is 2.13 bits per heavy atom. The first-order valence-electron chi connectivity index (χ1n) is 5.88. The lowest BCUT2D eigenvalue weighted by molar-refractivity contribution is 0.338. The quantitative estimate of drug-likeness (QED) is 0.769. The summed E-state index contributed by atoms with van der Waals surface area (Å²) in [5.41, 5.74) is 8.37. The average molecular weight is 207 g/mol. The zero-order chi connectivity index (χ0) is 11.0. The van der Waals surface area contributed by atoms with E-state index < -0.39 is 0 Å². The van der Waals surface area contributed by atoms with Gasteiger partial charge in [-0.05, 0) is 25.7 Å². The Morgan fingerprint density at radius 3 is 2.67 bits per heavy atom. The van der Waals surface area contributed by atoms with E-state index in [1.54, 1.807) is 0 Å². The molecule has 0 spiro atoms. The Hall–Kier alpha value is -0.990. The molecule has 0 radical (unpaired) electrons. The minimum Gasteiger partial charge on any atom is -0.384 e. The average Bonchev–Trinajstić information content (AvgIpc) is 2.46. The molecule has 1 fully saturated rings. The number of aryl methyl sites for hydroxylation is 1. The van der Waals surface area contributed by atoms with Crippen molar-refractivity contribution in [3.05, 3.63) is 11.3 Å². The van der Waals surface area contributed by atoms with Crippen LogP contribution in [-0.2, 0) is 7.05 Å². The molecule has 0 bridgehead atoms. The van der Waals surface area contributed by atoms with Gasteiger partial charge < -0.3 is 5.73 Å². The van der Waals surface area contributed by atoms with Crippen molar-refractivity contribution in [2.75, 3.05) is 5.73 Å². The third-order valence-electron chi connectivity index (χ3n) is 3.70. The lowest BCUT2D eigenvalue weighted by atomic mass is 9.80. The number of hydrogen-bond acceptors (Lipinski definition) is 2. The van der Waals surface area contributed by atoms with Gasteiger partial charge in [-0.25, -0.2) is 0 Å². The van der Waals surface area contributed by atoms with Crippen molar-refractivity contribution in [2.45, 2.75) is 45.4 Å². The van der Waals surface area contributed by atoms with E-state index in [1.165, 1.54) is 36.9 Å². The molecule has 2 unspecified atom stereocenters. The Morgan fingerprint density at radius 1 is 1.40 bits per heavy atom. The van der Waals surface area contributed by atoms with E-state index in [0.29, 0.717) is 5.92 Å². The largest absolute Gasteiger partial charge is 0.384 e. The van der Waals surface area contributed by atoms with Crippen LogP contribution in [0.5, 0.6) is 0 Å². The van der Waals surface area contributed by atoms with Crippen LogP contribution >= 0.6 is 0 Å². The Balaban J connectivity index is 2.25. The van der Waals surface area contributed by atoms with Crippen LogP contribution in [0, 0.1) is 12.8 Å². The van der Waals surface area contributed by atoms with Gasteiger partial charge in [0, 0.05) is 18.5 Å². The zero-order valence-corrected chi connectivity index (χ0v) is 9.95. The summed E-state index contributed by atoms with van der Waals surface area (Å²) in [5, 5.41) is 4.56. The van der Waals surface area contributed by atoms with Crippen LogP contribution in [0.15, 0.2) is 0 Å². The maximum atomic E-state index is 5.94. The van der Waals surface area contributed by atoms with Crippen molar-refractivity contribution < 1.29 is 0 Å². The summed E-state index contributed by atoms with van der Waals surface area (Å²) in [6.45, 7) is 4.44. The molecule has 0 aromatic carbocycles.